The molecular formula is C28H32O2S. The normalized spacial score (nSPS) is 37.6. The van der Waals surface area contributed by atoms with E-state index in [1.807, 2.05) is 36.4 Å². The van der Waals surface area contributed by atoms with Gasteiger partial charge in [0.05, 0.1) is 10.8 Å². The van der Waals surface area contributed by atoms with Gasteiger partial charge < -0.3 is 0 Å². The molecule has 0 spiro atoms. The molecule has 1 aromatic carbocycles. The minimum atomic E-state index is -1.15. The lowest BCUT2D eigenvalue weighted by molar-refractivity contribution is -0.115. The topological polar surface area (TPSA) is 34.1 Å². The average molecular weight is 433 g/mol. The van der Waals surface area contributed by atoms with Gasteiger partial charge in [-0.25, -0.2) is 4.21 Å². The fourth-order valence-corrected chi connectivity index (χ4v) is 7.89. The zero-order valence-corrected chi connectivity index (χ0v) is 19.6. The zero-order valence-electron chi connectivity index (χ0n) is 18.8. The highest BCUT2D eigenvalue weighted by Gasteiger charge is 2.55. The minimum Gasteiger partial charge on any atom is -0.295 e. The first kappa shape index (κ1) is 20.9. The molecule has 0 aliphatic heterocycles. The Balaban J connectivity index is 1.49. The Morgan fingerprint density at radius 1 is 1.13 bits per heavy atom. The van der Waals surface area contributed by atoms with Crippen LogP contribution in [0.25, 0.3) is 0 Å². The lowest BCUT2D eigenvalue weighted by atomic mass is 9.50. The van der Waals surface area contributed by atoms with Gasteiger partial charge >= 0.3 is 0 Å². The molecule has 3 heteroatoms. The van der Waals surface area contributed by atoms with Gasteiger partial charge in [-0.2, -0.15) is 0 Å². The van der Waals surface area contributed by atoms with E-state index in [2.05, 4.69) is 32.6 Å². The van der Waals surface area contributed by atoms with E-state index in [1.54, 1.807) is 11.0 Å². The molecule has 2 saturated carbocycles. The summed E-state index contributed by atoms with van der Waals surface area (Å²) in [5.41, 5.74) is 7.99. The molecule has 0 aromatic heterocycles. The lowest BCUT2D eigenvalue weighted by Crippen LogP contribution is -2.45. The van der Waals surface area contributed by atoms with Crippen LogP contribution in [0.15, 0.2) is 75.2 Å². The molecule has 0 amide bonds. The van der Waals surface area contributed by atoms with Gasteiger partial charge in [0.15, 0.2) is 5.78 Å². The predicted octanol–water partition coefficient (Wildman–Crippen LogP) is 6.53. The Labute approximate surface area is 188 Å². The van der Waals surface area contributed by atoms with Crippen LogP contribution in [0.5, 0.6) is 0 Å². The number of ketones is 1. The van der Waals surface area contributed by atoms with E-state index in [4.69, 9.17) is 0 Å². The van der Waals surface area contributed by atoms with Gasteiger partial charge in [-0.1, -0.05) is 56.2 Å². The molecule has 6 atom stereocenters. The third-order valence-electron chi connectivity index (χ3n) is 8.76. The molecule has 4 aliphatic carbocycles. The smallest absolute Gasteiger partial charge is 0.155 e. The number of hydrogen-bond acceptors (Lipinski definition) is 2. The minimum absolute atomic E-state index is 0.0642. The Morgan fingerprint density at radius 3 is 2.68 bits per heavy atom. The fourth-order valence-electron chi connectivity index (χ4n) is 7.08. The summed E-state index contributed by atoms with van der Waals surface area (Å²) < 4.78 is 12.7. The second-order valence-corrected chi connectivity index (χ2v) is 11.7. The number of hydrogen-bond donors (Lipinski definition) is 0. The molecule has 162 valence electrons. The van der Waals surface area contributed by atoms with Crippen molar-refractivity contribution in [3.8, 4) is 0 Å². The van der Waals surface area contributed by atoms with Gasteiger partial charge in [-0.15, -0.1) is 5.73 Å². The van der Waals surface area contributed by atoms with E-state index in [-0.39, 0.29) is 10.8 Å². The highest BCUT2D eigenvalue weighted by atomic mass is 32.2. The van der Waals surface area contributed by atoms with Crippen molar-refractivity contribution >= 4 is 16.6 Å². The van der Waals surface area contributed by atoms with E-state index in [0.717, 1.165) is 30.6 Å². The largest absolute Gasteiger partial charge is 0.295 e. The van der Waals surface area contributed by atoms with Crippen LogP contribution >= 0.6 is 0 Å². The van der Waals surface area contributed by atoms with Crippen molar-refractivity contribution < 1.29 is 9.00 Å². The molecule has 4 aliphatic rings. The Hall–Kier alpha value is -1.96. The van der Waals surface area contributed by atoms with E-state index in [1.165, 1.54) is 17.6 Å². The Kier molecular flexibility index (Phi) is 5.11. The van der Waals surface area contributed by atoms with Crippen molar-refractivity contribution in [2.45, 2.75) is 64.2 Å². The highest BCUT2D eigenvalue weighted by Crippen LogP contribution is 2.65. The monoisotopic (exact) mass is 432 g/mol. The van der Waals surface area contributed by atoms with Crippen molar-refractivity contribution in [2.24, 2.45) is 28.6 Å². The molecule has 0 radical (unpaired) electrons. The first-order valence-electron chi connectivity index (χ1n) is 11.7. The van der Waals surface area contributed by atoms with Gasteiger partial charge in [0.1, 0.15) is 0 Å². The summed E-state index contributed by atoms with van der Waals surface area (Å²) in [6.07, 6.45) is 10.5. The van der Waals surface area contributed by atoms with Crippen LogP contribution < -0.4 is 0 Å². The Bertz CT molecular complexity index is 1070. The standard InChI is InChI=1S/C28H32O2S/c1-19-17-23-24-10-9-20(13-16-31(30)22-7-5-4-6-8-22)27(24,2)15-12-25(23)28(3)14-11-21(29)18-26(19)28/h4-8,12,16,18-19,23-24H,9-11,14-15,17H2,1-3H3/t13?,19-,23-,24-,27+,28+,31?/m0/s1. The fraction of sp³-hybridized carbons (Fsp3) is 0.500. The highest BCUT2D eigenvalue weighted by molar-refractivity contribution is 7.88. The summed E-state index contributed by atoms with van der Waals surface area (Å²) in [5, 5.41) is 1.77. The summed E-state index contributed by atoms with van der Waals surface area (Å²) in [6.45, 7) is 7.11. The van der Waals surface area contributed by atoms with Crippen LogP contribution in [-0.2, 0) is 15.6 Å². The van der Waals surface area contributed by atoms with Crippen molar-refractivity contribution in [2.75, 3.05) is 0 Å². The van der Waals surface area contributed by atoms with E-state index >= 15 is 0 Å². The summed E-state index contributed by atoms with van der Waals surface area (Å²) in [7, 11) is -1.15. The van der Waals surface area contributed by atoms with Crippen molar-refractivity contribution in [3.05, 3.63) is 70.3 Å². The van der Waals surface area contributed by atoms with Crippen LogP contribution in [0, 0.1) is 28.6 Å². The number of carbonyl (C=O) groups excluding carboxylic acids is 1. The quantitative estimate of drug-likeness (QED) is 0.393. The molecule has 31 heavy (non-hydrogen) atoms. The molecular weight excluding hydrogens is 400 g/mol. The van der Waals surface area contributed by atoms with Crippen LogP contribution in [0.1, 0.15) is 59.3 Å². The maximum atomic E-state index is 12.7. The van der Waals surface area contributed by atoms with Crippen molar-refractivity contribution in [3.63, 3.8) is 0 Å². The lowest BCUT2D eigenvalue weighted by Gasteiger charge is -2.54. The van der Waals surface area contributed by atoms with E-state index in [9.17, 15) is 9.00 Å². The first-order valence-corrected chi connectivity index (χ1v) is 12.9. The molecule has 1 aromatic rings. The van der Waals surface area contributed by atoms with Gasteiger partial charge in [0, 0.05) is 27.6 Å². The van der Waals surface area contributed by atoms with E-state index < -0.39 is 10.8 Å². The molecule has 0 N–H and O–H groups in total. The first-order chi connectivity index (χ1) is 14.8. The van der Waals surface area contributed by atoms with Crippen molar-refractivity contribution in [1.29, 1.82) is 0 Å². The van der Waals surface area contributed by atoms with Crippen LogP contribution in [0.2, 0.25) is 0 Å². The molecule has 0 bridgehead atoms. The van der Waals surface area contributed by atoms with Gasteiger partial charge in [-0.3, -0.25) is 4.79 Å². The molecule has 5 rings (SSSR count). The summed E-state index contributed by atoms with van der Waals surface area (Å²) >= 11 is 0. The Morgan fingerprint density at radius 2 is 1.90 bits per heavy atom. The number of rotatable bonds is 2. The van der Waals surface area contributed by atoms with Gasteiger partial charge in [0.2, 0.25) is 0 Å². The third kappa shape index (κ3) is 3.29. The zero-order chi connectivity index (χ0) is 21.8. The maximum absolute atomic E-state index is 12.7. The number of carbonyl (C=O) groups is 1. The molecule has 0 saturated heterocycles. The third-order valence-corrected chi connectivity index (χ3v) is 9.83. The summed E-state index contributed by atoms with van der Waals surface area (Å²) in [4.78, 5) is 13.0. The predicted molar refractivity (Wildman–Crippen MR) is 126 cm³/mol. The second-order valence-electron chi connectivity index (χ2n) is 10.4. The molecule has 2 nitrogen and oxygen atoms in total. The number of allylic oxidation sites excluding steroid dienone is 5. The van der Waals surface area contributed by atoms with Crippen molar-refractivity contribution in [1.82, 2.24) is 0 Å². The molecule has 1 unspecified atom stereocenters. The van der Waals surface area contributed by atoms with Crippen LogP contribution in [-0.4, -0.2) is 9.99 Å². The van der Waals surface area contributed by atoms with Crippen LogP contribution in [0.3, 0.4) is 0 Å². The summed E-state index contributed by atoms with van der Waals surface area (Å²) in [6, 6.07) is 9.64. The summed E-state index contributed by atoms with van der Waals surface area (Å²) in [5.74, 6) is 1.98. The second kappa shape index (κ2) is 7.57. The van der Waals surface area contributed by atoms with Crippen LogP contribution in [0.4, 0.5) is 0 Å². The maximum Gasteiger partial charge on any atom is 0.155 e. The number of benzene rings is 1. The van der Waals surface area contributed by atoms with Gasteiger partial charge in [0.25, 0.3) is 0 Å². The molecule has 0 heterocycles. The number of fused-ring (bicyclic) bond motifs is 5. The van der Waals surface area contributed by atoms with Gasteiger partial charge in [-0.05, 0) is 73.6 Å². The van der Waals surface area contributed by atoms with E-state index in [0.29, 0.717) is 30.0 Å². The average Bonchev–Trinajstić information content (AvgIpc) is 3.10. The SMILES string of the molecule is C[C@H]1C[C@@H]2C(=CC[C@]3(C)C(=C=CS(=O)c4ccccc4)CC[C@@H]23)[C@@]2(C)CCC(=O)C=C12. The molecule has 2 fully saturated rings.